The smallest absolute Gasteiger partial charge is 0.238 e. The van der Waals surface area contributed by atoms with Crippen LogP contribution < -0.4 is 5.73 Å². The van der Waals surface area contributed by atoms with Crippen LogP contribution in [0.5, 0.6) is 0 Å². The van der Waals surface area contributed by atoms with Crippen molar-refractivity contribution in [2.75, 3.05) is 39.0 Å². The molecule has 172 valence electrons. The molecule has 1 saturated heterocycles. The third kappa shape index (κ3) is 4.96. The molecule has 1 aliphatic heterocycles. The van der Waals surface area contributed by atoms with Gasteiger partial charge in [0.25, 0.3) is 0 Å². The minimum absolute atomic E-state index is 0.246. The maximum atomic E-state index is 5.58. The molecule has 6 rings (SSSR count). The third-order valence-electron chi connectivity index (χ3n) is 6.80. The van der Waals surface area contributed by atoms with Gasteiger partial charge in [-0.05, 0) is 50.2 Å². The lowest BCUT2D eigenvalue weighted by Gasteiger charge is -2.39. The maximum Gasteiger partial charge on any atom is 0.238 e. The molecule has 0 radical (unpaired) electrons. The first-order valence-corrected chi connectivity index (χ1v) is 11.9. The minimum Gasteiger partial charge on any atom is -0.367 e. The molecule has 33 heavy (non-hydrogen) atoms. The van der Waals surface area contributed by atoms with E-state index < -0.39 is 0 Å². The maximum absolute atomic E-state index is 5.58. The molecule has 8 nitrogen and oxygen atoms in total. The van der Waals surface area contributed by atoms with Gasteiger partial charge in [-0.15, -0.1) is 5.10 Å². The molecule has 0 aromatic carbocycles. The van der Waals surface area contributed by atoms with Crippen LogP contribution in [0.4, 0.5) is 5.95 Å². The minimum atomic E-state index is 0.246. The summed E-state index contributed by atoms with van der Waals surface area (Å²) < 4.78 is 1.70. The number of nitrogens with two attached hydrogens (primary N) is 1. The number of nitrogen functional groups attached to an aromatic ring is 1. The van der Waals surface area contributed by atoms with E-state index in [0.29, 0.717) is 0 Å². The van der Waals surface area contributed by atoms with E-state index in [9.17, 15) is 0 Å². The number of hydrogen-bond donors (Lipinski definition) is 1. The van der Waals surface area contributed by atoms with E-state index in [1.165, 1.54) is 58.3 Å². The summed E-state index contributed by atoms with van der Waals surface area (Å²) in [5.41, 5.74) is 10.0. The van der Waals surface area contributed by atoms with Crippen LogP contribution in [0, 0.1) is 0 Å². The quantitative estimate of drug-likeness (QED) is 0.506. The van der Waals surface area contributed by atoms with Crippen LogP contribution in [0.15, 0.2) is 48.9 Å². The Kier molecular flexibility index (Phi) is 6.46. The number of pyridine rings is 2. The van der Waals surface area contributed by atoms with Crippen molar-refractivity contribution < 1.29 is 0 Å². The van der Waals surface area contributed by atoms with Crippen molar-refractivity contribution >= 4 is 22.5 Å². The Morgan fingerprint density at radius 3 is 2.55 bits per heavy atom. The third-order valence-corrected chi connectivity index (χ3v) is 6.80. The summed E-state index contributed by atoms with van der Waals surface area (Å²) in [6.07, 6.45) is 12.6. The Bertz CT molecular complexity index is 1210. The zero-order valence-electron chi connectivity index (χ0n) is 19.3. The summed E-state index contributed by atoms with van der Waals surface area (Å²) in [5, 5.41) is 4.13. The van der Waals surface area contributed by atoms with Crippen molar-refractivity contribution in [1.82, 2.24) is 34.4 Å². The summed E-state index contributed by atoms with van der Waals surface area (Å²) in [5.74, 6) is 0.246. The summed E-state index contributed by atoms with van der Waals surface area (Å²) in [6.45, 7) is 5.16. The number of aromatic nitrogens is 5. The lowest BCUT2D eigenvalue weighted by Crippen LogP contribution is -2.49. The molecule has 2 N–H and O–H groups in total. The van der Waals surface area contributed by atoms with Crippen LogP contribution >= 0.6 is 0 Å². The van der Waals surface area contributed by atoms with Gasteiger partial charge >= 0.3 is 0 Å². The number of fused-ring (bicyclic) bond motifs is 2. The molecule has 0 amide bonds. The Morgan fingerprint density at radius 2 is 1.73 bits per heavy atom. The highest BCUT2D eigenvalue weighted by atomic mass is 15.3. The van der Waals surface area contributed by atoms with Gasteiger partial charge in [0.1, 0.15) is 0 Å². The fourth-order valence-corrected chi connectivity index (χ4v) is 4.87. The number of likely N-dealkylation sites (N-methyl/N-ethyl adjacent to an activating group) is 1. The van der Waals surface area contributed by atoms with E-state index in [1.807, 2.05) is 36.5 Å². The van der Waals surface area contributed by atoms with Gasteiger partial charge in [0.2, 0.25) is 5.95 Å². The summed E-state index contributed by atoms with van der Waals surface area (Å²) in [4.78, 5) is 18.1. The Labute approximate surface area is 194 Å². The second kappa shape index (κ2) is 9.80. The van der Waals surface area contributed by atoms with Crippen molar-refractivity contribution in [2.45, 2.75) is 38.1 Å². The van der Waals surface area contributed by atoms with E-state index in [0.717, 1.165) is 33.8 Å². The van der Waals surface area contributed by atoms with Crippen molar-refractivity contribution in [1.29, 1.82) is 0 Å². The number of rotatable bonds is 2. The molecular formula is C25H32N8. The van der Waals surface area contributed by atoms with Crippen LogP contribution in [0.1, 0.15) is 32.1 Å². The largest absolute Gasteiger partial charge is 0.367 e. The predicted molar refractivity (Wildman–Crippen MR) is 132 cm³/mol. The van der Waals surface area contributed by atoms with Crippen molar-refractivity contribution in [3.63, 3.8) is 0 Å². The highest BCUT2D eigenvalue weighted by Gasteiger charge is 2.23. The Hall–Kier alpha value is -3.10. The van der Waals surface area contributed by atoms with Crippen LogP contribution in [0.25, 0.3) is 27.8 Å². The first kappa shape index (κ1) is 21.7. The molecule has 8 heteroatoms. The monoisotopic (exact) mass is 444 g/mol. The topological polar surface area (TPSA) is 88.5 Å². The molecule has 4 aromatic rings. The van der Waals surface area contributed by atoms with E-state index in [1.54, 1.807) is 16.9 Å². The van der Waals surface area contributed by atoms with Gasteiger partial charge in [-0.3, -0.25) is 9.88 Å². The van der Waals surface area contributed by atoms with E-state index in [4.69, 9.17) is 5.73 Å². The van der Waals surface area contributed by atoms with E-state index in [2.05, 4.69) is 36.9 Å². The van der Waals surface area contributed by atoms with E-state index in [-0.39, 0.29) is 5.95 Å². The number of hydrogen-bond acceptors (Lipinski definition) is 7. The Morgan fingerprint density at radius 1 is 0.909 bits per heavy atom. The number of nitrogens with zero attached hydrogens (tertiary/aromatic N) is 7. The first-order chi connectivity index (χ1) is 16.2. The van der Waals surface area contributed by atoms with Crippen molar-refractivity contribution in [3.05, 3.63) is 48.9 Å². The van der Waals surface area contributed by atoms with Gasteiger partial charge in [-0.1, -0.05) is 19.3 Å². The van der Waals surface area contributed by atoms with Gasteiger partial charge in [-0.2, -0.15) is 0 Å². The highest BCUT2D eigenvalue weighted by molar-refractivity contribution is 5.83. The normalized spacial score (nSPS) is 18.3. The van der Waals surface area contributed by atoms with Gasteiger partial charge in [0.15, 0.2) is 0 Å². The van der Waals surface area contributed by atoms with Gasteiger partial charge in [0.05, 0.1) is 28.4 Å². The van der Waals surface area contributed by atoms with Crippen molar-refractivity contribution in [3.8, 4) is 11.3 Å². The summed E-state index contributed by atoms with van der Waals surface area (Å²) >= 11 is 0. The predicted octanol–water partition coefficient (Wildman–Crippen LogP) is 3.49. The molecular weight excluding hydrogens is 412 g/mol. The van der Waals surface area contributed by atoms with Crippen LogP contribution in [0.3, 0.4) is 0 Å². The standard InChI is InChI=1S/C14H10N6.C11H22N2/c15-14-17-8-13-9(5-7-20(13)19-14)10-3-4-11-12(18-10)2-1-6-16-11;1-12-7-9-13(10-8-12)11-5-3-2-4-6-11/h1-8H,(H2,15,19);11H,2-10H2,1H3. The number of piperazine rings is 1. The molecule has 0 unspecified atom stereocenters. The number of anilines is 1. The average Bonchev–Trinajstić information content (AvgIpc) is 3.28. The average molecular weight is 445 g/mol. The molecule has 4 aromatic heterocycles. The van der Waals surface area contributed by atoms with Crippen LogP contribution in [0.2, 0.25) is 0 Å². The summed E-state index contributed by atoms with van der Waals surface area (Å²) in [6, 6.07) is 10.6. The zero-order valence-corrected chi connectivity index (χ0v) is 19.3. The fourth-order valence-electron chi connectivity index (χ4n) is 4.87. The molecule has 1 saturated carbocycles. The lowest BCUT2D eigenvalue weighted by atomic mass is 9.94. The lowest BCUT2D eigenvalue weighted by molar-refractivity contribution is 0.0913. The zero-order chi connectivity index (χ0) is 22.6. The molecule has 2 fully saturated rings. The molecule has 2 aliphatic rings. The summed E-state index contributed by atoms with van der Waals surface area (Å²) in [7, 11) is 2.23. The van der Waals surface area contributed by atoms with Gasteiger partial charge in [-0.25, -0.2) is 14.5 Å². The van der Waals surface area contributed by atoms with Gasteiger partial charge in [0, 0.05) is 50.2 Å². The first-order valence-electron chi connectivity index (χ1n) is 11.9. The molecule has 0 bridgehead atoms. The molecule has 0 atom stereocenters. The van der Waals surface area contributed by atoms with Crippen molar-refractivity contribution in [2.24, 2.45) is 0 Å². The second-order valence-electron chi connectivity index (χ2n) is 9.04. The fraction of sp³-hybridized carbons (Fsp3) is 0.440. The second-order valence-corrected chi connectivity index (χ2v) is 9.04. The van der Waals surface area contributed by atoms with Gasteiger partial charge < -0.3 is 10.6 Å². The SMILES string of the molecule is CN1CCN(C2CCCCC2)CC1.Nc1ncc2c(-c3ccc4ncccc4n3)ccn2n1. The van der Waals surface area contributed by atoms with E-state index >= 15 is 0 Å². The Balaban J connectivity index is 0.000000152. The van der Waals surface area contributed by atoms with Crippen LogP contribution in [-0.2, 0) is 0 Å². The van der Waals surface area contributed by atoms with Crippen LogP contribution in [-0.4, -0.2) is 73.6 Å². The molecule has 5 heterocycles. The highest BCUT2D eigenvalue weighted by Crippen LogP contribution is 2.25. The molecule has 0 spiro atoms. The molecule has 1 aliphatic carbocycles.